The molecular weight excluding hydrogens is 426 g/mol. The summed E-state index contributed by atoms with van der Waals surface area (Å²) in [5.74, 6) is -0.744. The number of carbonyl (C=O) groups is 3. The first kappa shape index (κ1) is 21.8. The van der Waals surface area contributed by atoms with Crippen molar-refractivity contribution in [3.63, 3.8) is 0 Å². The summed E-state index contributed by atoms with van der Waals surface area (Å²) in [6.07, 6.45) is 0.447. The van der Waals surface area contributed by atoms with Crippen molar-refractivity contribution in [1.82, 2.24) is 10.2 Å². The van der Waals surface area contributed by atoms with Crippen LogP contribution in [0.4, 0.5) is 5.69 Å². The Hall–Kier alpha value is -3.38. The van der Waals surface area contributed by atoms with Gasteiger partial charge in [-0.3, -0.25) is 19.3 Å². The van der Waals surface area contributed by atoms with Crippen LogP contribution in [0.25, 0.3) is 10.8 Å². The Kier molecular flexibility index (Phi) is 6.15. The van der Waals surface area contributed by atoms with Crippen molar-refractivity contribution in [2.75, 3.05) is 18.5 Å². The molecular formula is C25H24ClN3O3. The number of carbonyl (C=O) groups excluding carboxylic acids is 3. The van der Waals surface area contributed by atoms with Crippen molar-refractivity contribution in [2.45, 2.75) is 25.9 Å². The molecule has 1 N–H and O–H groups in total. The number of halogens is 1. The van der Waals surface area contributed by atoms with Crippen molar-refractivity contribution >= 4 is 45.8 Å². The van der Waals surface area contributed by atoms with Crippen molar-refractivity contribution in [2.24, 2.45) is 0 Å². The van der Waals surface area contributed by atoms with Crippen LogP contribution < -0.4 is 10.2 Å². The molecule has 164 valence electrons. The Morgan fingerprint density at radius 3 is 2.41 bits per heavy atom. The summed E-state index contributed by atoms with van der Waals surface area (Å²) in [7, 11) is 1.55. The van der Waals surface area contributed by atoms with E-state index in [0.717, 1.165) is 22.0 Å². The quantitative estimate of drug-likeness (QED) is 0.592. The zero-order chi connectivity index (χ0) is 22.8. The summed E-state index contributed by atoms with van der Waals surface area (Å²) >= 11 is 6.00. The first-order valence-electron chi connectivity index (χ1n) is 10.5. The third-order valence-corrected chi connectivity index (χ3v) is 6.09. The average Bonchev–Trinajstić information content (AvgIpc) is 3.08. The second kappa shape index (κ2) is 9.01. The Labute approximate surface area is 191 Å². The van der Waals surface area contributed by atoms with Crippen molar-refractivity contribution < 1.29 is 14.4 Å². The van der Waals surface area contributed by atoms with Gasteiger partial charge in [0.15, 0.2) is 0 Å². The fourth-order valence-corrected chi connectivity index (χ4v) is 4.36. The minimum atomic E-state index is -0.654. The van der Waals surface area contributed by atoms with Crippen LogP contribution in [0.3, 0.4) is 0 Å². The maximum Gasteiger partial charge on any atom is 0.259 e. The summed E-state index contributed by atoms with van der Waals surface area (Å²) in [5.41, 5.74) is 2.16. The molecule has 0 saturated heterocycles. The summed E-state index contributed by atoms with van der Waals surface area (Å²) in [4.78, 5) is 42.3. The molecule has 1 aliphatic rings. The van der Waals surface area contributed by atoms with E-state index in [0.29, 0.717) is 17.0 Å². The van der Waals surface area contributed by atoms with E-state index in [1.54, 1.807) is 30.1 Å². The van der Waals surface area contributed by atoms with Crippen LogP contribution in [0, 0.1) is 0 Å². The first-order chi connectivity index (χ1) is 15.4. The molecule has 1 heterocycles. The molecule has 0 radical (unpaired) electrons. The summed E-state index contributed by atoms with van der Waals surface area (Å²) in [6, 6.07) is 17.8. The third kappa shape index (κ3) is 3.94. The second-order valence-corrected chi connectivity index (χ2v) is 8.19. The largest absolute Gasteiger partial charge is 0.357 e. The van der Waals surface area contributed by atoms with Gasteiger partial charge in [-0.2, -0.15) is 0 Å². The van der Waals surface area contributed by atoms with Gasteiger partial charge in [0.2, 0.25) is 11.8 Å². The minimum absolute atomic E-state index is 0.145. The van der Waals surface area contributed by atoms with E-state index < -0.39 is 6.04 Å². The molecule has 1 atom stereocenters. The molecule has 0 aliphatic carbocycles. The lowest BCUT2D eigenvalue weighted by Crippen LogP contribution is -2.51. The number of nitrogens with zero attached hydrogens (tertiary/aromatic N) is 2. The molecule has 32 heavy (non-hydrogen) atoms. The monoisotopic (exact) mass is 449 g/mol. The number of anilines is 1. The highest BCUT2D eigenvalue weighted by Crippen LogP contribution is 2.37. The molecule has 7 heteroatoms. The fraction of sp³-hybridized carbons (Fsp3) is 0.240. The molecule has 0 spiro atoms. The summed E-state index contributed by atoms with van der Waals surface area (Å²) in [5, 5.41) is 5.05. The van der Waals surface area contributed by atoms with E-state index in [9.17, 15) is 14.4 Å². The van der Waals surface area contributed by atoms with Gasteiger partial charge in [0.1, 0.15) is 12.6 Å². The normalized spacial score (nSPS) is 13.3. The lowest BCUT2D eigenvalue weighted by atomic mass is 10.1. The third-order valence-electron chi connectivity index (χ3n) is 5.84. The zero-order valence-electron chi connectivity index (χ0n) is 18.0. The van der Waals surface area contributed by atoms with Crippen molar-refractivity contribution in [3.8, 4) is 0 Å². The molecule has 0 bridgehead atoms. The molecule has 6 nitrogen and oxygen atoms in total. The number of hydrogen-bond acceptors (Lipinski definition) is 3. The van der Waals surface area contributed by atoms with Crippen LogP contribution in [0.2, 0.25) is 5.02 Å². The number of rotatable bonds is 7. The Morgan fingerprint density at radius 1 is 1.06 bits per heavy atom. The molecule has 3 amide bonds. The number of likely N-dealkylation sites (N-methyl/N-ethyl adjacent to an activating group) is 1. The molecule has 4 rings (SSSR count). The average molecular weight is 450 g/mol. The van der Waals surface area contributed by atoms with Gasteiger partial charge >= 0.3 is 0 Å². The Bertz CT molecular complexity index is 1190. The molecule has 0 saturated carbocycles. The minimum Gasteiger partial charge on any atom is -0.357 e. The number of amides is 3. The van der Waals surface area contributed by atoms with Gasteiger partial charge in [-0.05, 0) is 41.6 Å². The highest BCUT2D eigenvalue weighted by molar-refractivity contribution is 6.30. The lowest BCUT2D eigenvalue weighted by molar-refractivity contribution is -0.140. The van der Waals surface area contributed by atoms with Gasteiger partial charge in [-0.25, -0.2) is 0 Å². The predicted molar refractivity (Wildman–Crippen MR) is 126 cm³/mol. The summed E-state index contributed by atoms with van der Waals surface area (Å²) < 4.78 is 0. The van der Waals surface area contributed by atoms with Crippen molar-refractivity contribution in [3.05, 3.63) is 76.8 Å². The van der Waals surface area contributed by atoms with Crippen LogP contribution in [-0.2, 0) is 16.1 Å². The predicted octanol–water partition coefficient (Wildman–Crippen LogP) is 4.01. The van der Waals surface area contributed by atoms with Crippen molar-refractivity contribution in [1.29, 1.82) is 0 Å². The Morgan fingerprint density at radius 2 is 1.75 bits per heavy atom. The smallest absolute Gasteiger partial charge is 0.259 e. The molecule has 3 aromatic rings. The van der Waals surface area contributed by atoms with E-state index in [1.165, 1.54) is 4.90 Å². The van der Waals surface area contributed by atoms with Crippen LogP contribution in [0.1, 0.15) is 29.3 Å². The van der Waals surface area contributed by atoms with E-state index in [2.05, 4.69) is 5.32 Å². The second-order valence-electron chi connectivity index (χ2n) is 7.76. The molecule has 3 aromatic carbocycles. The highest BCUT2D eigenvalue weighted by Gasteiger charge is 2.34. The van der Waals surface area contributed by atoms with Gasteiger partial charge in [0.05, 0.1) is 5.69 Å². The van der Waals surface area contributed by atoms with E-state index in [4.69, 9.17) is 11.6 Å². The van der Waals surface area contributed by atoms with Crippen LogP contribution in [-0.4, -0.2) is 42.3 Å². The molecule has 0 fully saturated rings. The molecule has 1 aliphatic heterocycles. The van der Waals surface area contributed by atoms with E-state index in [1.807, 2.05) is 49.4 Å². The first-order valence-corrected chi connectivity index (χ1v) is 10.9. The number of hydrogen-bond donors (Lipinski definition) is 1. The number of nitrogens with one attached hydrogen (secondary N) is 1. The number of benzene rings is 3. The van der Waals surface area contributed by atoms with E-state index in [-0.39, 0.29) is 30.8 Å². The topological polar surface area (TPSA) is 69.7 Å². The van der Waals surface area contributed by atoms with Gasteiger partial charge in [-0.15, -0.1) is 0 Å². The van der Waals surface area contributed by atoms with Gasteiger partial charge in [0, 0.05) is 29.6 Å². The lowest BCUT2D eigenvalue weighted by Gasteiger charge is -2.32. The maximum absolute atomic E-state index is 13.5. The van der Waals surface area contributed by atoms with Gasteiger partial charge < -0.3 is 10.2 Å². The molecule has 0 aromatic heterocycles. The van der Waals surface area contributed by atoms with Crippen LogP contribution in [0.5, 0.6) is 0 Å². The van der Waals surface area contributed by atoms with E-state index >= 15 is 0 Å². The van der Waals surface area contributed by atoms with Crippen LogP contribution in [0.15, 0.2) is 60.7 Å². The fourth-order valence-electron chi connectivity index (χ4n) is 4.23. The SMILES string of the molecule is CC[C@@H](C(=O)NC)N(Cc1ccc(Cl)cc1)C(=O)CN1C(=O)c2cccc3cccc1c23. The maximum atomic E-state index is 13.5. The van der Waals surface area contributed by atoms with Gasteiger partial charge in [0.25, 0.3) is 5.91 Å². The van der Waals surface area contributed by atoms with Gasteiger partial charge in [-0.1, -0.05) is 54.9 Å². The standard InChI is InChI=1S/C25H24ClN3O3/c1-3-20(24(31)27-2)28(14-16-10-12-18(26)13-11-16)22(30)15-29-21-9-5-7-17-6-4-8-19(23(17)21)25(29)32/h4-13,20H,3,14-15H2,1-2H3,(H,27,31)/t20-/m0/s1. The van der Waals surface area contributed by atoms with Crippen LogP contribution >= 0.6 is 11.6 Å². The summed E-state index contributed by atoms with van der Waals surface area (Å²) in [6.45, 7) is 1.95. The molecule has 0 unspecified atom stereocenters. The zero-order valence-corrected chi connectivity index (χ0v) is 18.7. The highest BCUT2D eigenvalue weighted by atomic mass is 35.5. The Balaban J connectivity index is 1.65.